The van der Waals surface area contributed by atoms with Gasteiger partial charge in [0, 0.05) is 56.1 Å². The maximum absolute atomic E-state index is 12.9. The van der Waals surface area contributed by atoms with Gasteiger partial charge in [0.05, 0.1) is 10.7 Å². The molecule has 2 fully saturated rings. The minimum absolute atomic E-state index is 0.0876. The summed E-state index contributed by atoms with van der Waals surface area (Å²) in [5.74, 6) is 0.639. The molecule has 1 aliphatic heterocycles. The Morgan fingerprint density at radius 1 is 1.03 bits per heavy atom. The Morgan fingerprint density at radius 2 is 1.83 bits per heavy atom. The van der Waals surface area contributed by atoms with Crippen molar-refractivity contribution >= 4 is 34.8 Å². The molecule has 29 heavy (non-hydrogen) atoms. The smallest absolute Gasteiger partial charge is 0.226 e. The van der Waals surface area contributed by atoms with Crippen molar-refractivity contribution < 1.29 is 4.79 Å². The number of imidazole rings is 1. The van der Waals surface area contributed by atoms with Gasteiger partial charge in [-0.1, -0.05) is 41.4 Å². The minimum atomic E-state index is 0.0876. The lowest BCUT2D eigenvalue weighted by Crippen LogP contribution is -2.48. The van der Waals surface area contributed by atoms with E-state index >= 15 is 0 Å². The van der Waals surface area contributed by atoms with Crippen molar-refractivity contribution in [1.29, 1.82) is 0 Å². The molecule has 0 bridgehead atoms. The van der Waals surface area contributed by atoms with Crippen LogP contribution in [0.1, 0.15) is 23.6 Å². The van der Waals surface area contributed by atoms with Gasteiger partial charge in [-0.25, -0.2) is 4.98 Å². The van der Waals surface area contributed by atoms with Crippen molar-refractivity contribution in [2.45, 2.75) is 18.9 Å². The summed E-state index contributed by atoms with van der Waals surface area (Å²) >= 11 is 12.4. The number of hydrogen-bond acceptors (Lipinski definition) is 3. The highest BCUT2D eigenvalue weighted by Crippen LogP contribution is 2.50. The van der Waals surface area contributed by atoms with E-state index in [0.29, 0.717) is 5.02 Å². The number of pyridine rings is 1. The zero-order valence-corrected chi connectivity index (χ0v) is 17.5. The molecule has 1 aromatic carbocycles. The van der Waals surface area contributed by atoms with Gasteiger partial charge in [0.1, 0.15) is 5.65 Å². The Hall–Kier alpha value is -2.08. The van der Waals surface area contributed by atoms with Gasteiger partial charge >= 0.3 is 0 Å². The molecule has 2 atom stereocenters. The topological polar surface area (TPSA) is 40.9 Å². The van der Waals surface area contributed by atoms with Crippen LogP contribution in [0.2, 0.25) is 10.0 Å². The third-order valence-corrected chi connectivity index (χ3v) is 6.51. The number of amides is 1. The number of piperazine rings is 1. The fraction of sp³-hybridized carbons (Fsp3) is 0.364. The van der Waals surface area contributed by atoms with Crippen molar-refractivity contribution in [1.82, 2.24) is 19.2 Å². The SMILES string of the molecule is O=C(C1CC1c1ccccc1Cl)N1CCN(Cc2cn3cc(Cl)ccc3n2)CC1. The highest BCUT2D eigenvalue weighted by atomic mass is 35.5. The Bertz CT molecular complexity index is 1060. The highest BCUT2D eigenvalue weighted by molar-refractivity contribution is 6.31. The number of rotatable bonds is 4. The second-order valence-electron chi connectivity index (χ2n) is 7.92. The number of benzene rings is 1. The Morgan fingerprint density at radius 3 is 2.62 bits per heavy atom. The number of halogens is 2. The fourth-order valence-electron chi connectivity index (χ4n) is 4.27. The van der Waals surface area contributed by atoms with Crippen molar-refractivity contribution in [2.75, 3.05) is 26.2 Å². The second kappa shape index (κ2) is 7.63. The van der Waals surface area contributed by atoms with Crippen molar-refractivity contribution in [2.24, 2.45) is 5.92 Å². The molecule has 2 unspecified atom stereocenters. The van der Waals surface area contributed by atoms with Crippen molar-refractivity contribution in [3.63, 3.8) is 0 Å². The first-order valence-corrected chi connectivity index (χ1v) is 10.7. The summed E-state index contributed by atoms with van der Waals surface area (Å²) in [6.45, 7) is 4.05. The van der Waals surface area contributed by atoms with Gasteiger partial charge < -0.3 is 9.30 Å². The van der Waals surface area contributed by atoms with Crippen LogP contribution in [-0.2, 0) is 11.3 Å². The number of aromatic nitrogens is 2. The quantitative estimate of drug-likeness (QED) is 0.628. The summed E-state index contributed by atoms with van der Waals surface area (Å²) in [5.41, 5.74) is 3.03. The number of fused-ring (bicyclic) bond motifs is 1. The Balaban J connectivity index is 1.16. The highest BCUT2D eigenvalue weighted by Gasteiger charge is 2.46. The molecular weight excluding hydrogens is 407 g/mol. The predicted octanol–water partition coefficient (Wildman–Crippen LogP) is 4.09. The van der Waals surface area contributed by atoms with Crippen LogP contribution >= 0.6 is 23.2 Å². The van der Waals surface area contributed by atoms with Crippen LogP contribution in [0, 0.1) is 5.92 Å². The molecule has 150 valence electrons. The van der Waals surface area contributed by atoms with E-state index in [9.17, 15) is 4.79 Å². The first-order chi connectivity index (χ1) is 14.1. The van der Waals surface area contributed by atoms with Crippen LogP contribution in [0.4, 0.5) is 0 Å². The first kappa shape index (κ1) is 18.9. The lowest BCUT2D eigenvalue weighted by molar-refractivity contribution is -0.134. The van der Waals surface area contributed by atoms with Crippen molar-refractivity contribution in [3.8, 4) is 0 Å². The maximum atomic E-state index is 12.9. The zero-order chi connectivity index (χ0) is 20.0. The van der Waals surface area contributed by atoms with Gasteiger partial charge in [-0.3, -0.25) is 9.69 Å². The molecule has 1 saturated heterocycles. The average Bonchev–Trinajstić information content (AvgIpc) is 3.41. The number of carbonyl (C=O) groups is 1. The molecule has 2 aromatic heterocycles. The van der Waals surface area contributed by atoms with Crippen LogP contribution in [0.5, 0.6) is 0 Å². The van der Waals surface area contributed by atoms with Crippen LogP contribution in [0.15, 0.2) is 48.8 Å². The van der Waals surface area contributed by atoms with Gasteiger partial charge in [-0.15, -0.1) is 0 Å². The summed E-state index contributed by atoms with van der Waals surface area (Å²) in [6, 6.07) is 11.7. The van der Waals surface area contributed by atoms with Crippen LogP contribution in [0.3, 0.4) is 0 Å². The second-order valence-corrected chi connectivity index (χ2v) is 8.76. The van der Waals surface area contributed by atoms with E-state index in [1.165, 1.54) is 0 Å². The molecule has 3 heterocycles. The van der Waals surface area contributed by atoms with Gasteiger partial charge in [-0.05, 0) is 36.1 Å². The number of hydrogen-bond donors (Lipinski definition) is 0. The van der Waals surface area contributed by atoms with Gasteiger partial charge in [0.2, 0.25) is 5.91 Å². The number of nitrogens with zero attached hydrogens (tertiary/aromatic N) is 4. The van der Waals surface area contributed by atoms with Crippen LogP contribution < -0.4 is 0 Å². The summed E-state index contributed by atoms with van der Waals surface area (Å²) in [4.78, 5) is 21.9. The van der Waals surface area contributed by atoms with Gasteiger partial charge in [0.15, 0.2) is 0 Å². The van der Waals surface area contributed by atoms with E-state index in [2.05, 4.69) is 9.88 Å². The molecule has 2 aliphatic rings. The molecule has 0 radical (unpaired) electrons. The molecule has 1 aliphatic carbocycles. The largest absolute Gasteiger partial charge is 0.340 e. The van der Waals surface area contributed by atoms with E-state index in [4.69, 9.17) is 23.2 Å². The van der Waals surface area contributed by atoms with Crippen LogP contribution in [0.25, 0.3) is 5.65 Å². The normalized spacial score (nSPS) is 22.2. The van der Waals surface area contributed by atoms with Gasteiger partial charge in [-0.2, -0.15) is 0 Å². The molecule has 0 spiro atoms. The van der Waals surface area contributed by atoms with E-state index in [1.54, 1.807) is 0 Å². The summed E-state index contributed by atoms with van der Waals surface area (Å²) < 4.78 is 1.96. The fourth-order valence-corrected chi connectivity index (χ4v) is 4.71. The molecule has 5 rings (SSSR count). The van der Waals surface area contributed by atoms with Crippen molar-refractivity contribution in [3.05, 3.63) is 70.1 Å². The molecule has 7 heteroatoms. The third-order valence-electron chi connectivity index (χ3n) is 5.95. The molecular formula is C22H22Cl2N4O. The third kappa shape index (κ3) is 3.87. The lowest BCUT2D eigenvalue weighted by Gasteiger charge is -2.34. The Kier molecular flexibility index (Phi) is 4.98. The zero-order valence-electron chi connectivity index (χ0n) is 16.0. The molecule has 5 nitrogen and oxygen atoms in total. The molecule has 0 N–H and O–H groups in total. The first-order valence-electron chi connectivity index (χ1n) is 9.97. The van der Waals surface area contributed by atoms with E-state index in [-0.39, 0.29) is 17.7 Å². The monoisotopic (exact) mass is 428 g/mol. The minimum Gasteiger partial charge on any atom is -0.340 e. The summed E-state index contributed by atoms with van der Waals surface area (Å²) in [7, 11) is 0. The molecule has 1 saturated carbocycles. The lowest BCUT2D eigenvalue weighted by atomic mass is 10.1. The maximum Gasteiger partial charge on any atom is 0.226 e. The Labute approximate surface area is 179 Å². The van der Waals surface area contributed by atoms with E-state index in [1.807, 2.05) is 58.1 Å². The number of carbonyl (C=O) groups excluding carboxylic acids is 1. The standard InChI is InChI=1S/C22H22Cl2N4O/c23-15-5-6-21-25-16(14-28(21)12-15)13-26-7-9-27(10-8-26)22(29)19-11-18(19)17-3-1-2-4-20(17)24/h1-6,12,14,18-19H,7-11,13H2. The summed E-state index contributed by atoms with van der Waals surface area (Å²) in [5, 5.41) is 1.47. The van der Waals surface area contributed by atoms with E-state index < -0.39 is 0 Å². The summed E-state index contributed by atoms with van der Waals surface area (Å²) in [6.07, 6.45) is 4.80. The molecule has 3 aromatic rings. The van der Waals surface area contributed by atoms with E-state index in [0.717, 1.165) is 61.1 Å². The average molecular weight is 429 g/mol. The van der Waals surface area contributed by atoms with Gasteiger partial charge in [0.25, 0.3) is 0 Å². The molecule has 1 amide bonds. The predicted molar refractivity (Wildman–Crippen MR) is 114 cm³/mol. The van der Waals surface area contributed by atoms with Crippen LogP contribution in [-0.4, -0.2) is 51.3 Å².